The van der Waals surface area contributed by atoms with E-state index < -0.39 is 0 Å². The summed E-state index contributed by atoms with van der Waals surface area (Å²) in [6, 6.07) is 1.97. The molecule has 0 aliphatic carbocycles. The monoisotopic (exact) mass is 238 g/mol. The molecule has 0 spiro atoms. The van der Waals surface area contributed by atoms with Gasteiger partial charge in [-0.1, -0.05) is 0 Å². The van der Waals surface area contributed by atoms with Crippen LogP contribution in [-0.4, -0.2) is 25.5 Å². The van der Waals surface area contributed by atoms with Gasteiger partial charge >= 0.3 is 0 Å². The summed E-state index contributed by atoms with van der Waals surface area (Å²) in [6.07, 6.45) is 1.17. The summed E-state index contributed by atoms with van der Waals surface area (Å²) in [5.74, 6) is 0.680. The molecule has 16 heavy (non-hydrogen) atoms. The molecule has 2 rings (SSSR count). The fourth-order valence-electron chi connectivity index (χ4n) is 1.90. The zero-order valence-electron chi connectivity index (χ0n) is 9.80. The summed E-state index contributed by atoms with van der Waals surface area (Å²) in [5, 5.41) is 6.31. The highest BCUT2D eigenvalue weighted by atomic mass is 32.1. The highest BCUT2D eigenvalue weighted by Gasteiger charge is 2.16. The van der Waals surface area contributed by atoms with E-state index in [-0.39, 0.29) is 5.91 Å². The van der Waals surface area contributed by atoms with Crippen molar-refractivity contribution in [1.29, 1.82) is 0 Å². The van der Waals surface area contributed by atoms with E-state index in [4.69, 9.17) is 0 Å². The number of carbonyl (C=O) groups is 1. The maximum Gasteiger partial charge on any atom is 0.261 e. The lowest BCUT2D eigenvalue weighted by molar-refractivity contribution is 0.0952. The summed E-state index contributed by atoms with van der Waals surface area (Å²) in [4.78, 5) is 13.9. The van der Waals surface area contributed by atoms with Gasteiger partial charge in [0.05, 0.1) is 4.88 Å². The Morgan fingerprint density at radius 3 is 3.00 bits per heavy atom. The van der Waals surface area contributed by atoms with Crippen LogP contribution < -0.4 is 10.6 Å². The lowest BCUT2D eigenvalue weighted by Crippen LogP contribution is -2.29. The molecule has 0 aromatic carbocycles. The zero-order chi connectivity index (χ0) is 11.5. The van der Waals surface area contributed by atoms with Crippen molar-refractivity contribution in [2.24, 2.45) is 5.92 Å². The van der Waals surface area contributed by atoms with E-state index in [0.29, 0.717) is 5.92 Å². The van der Waals surface area contributed by atoms with E-state index >= 15 is 0 Å². The maximum absolute atomic E-state index is 11.8. The first-order valence-corrected chi connectivity index (χ1v) is 6.54. The second kappa shape index (κ2) is 4.97. The fraction of sp³-hybridized carbons (Fsp3) is 0.583. The van der Waals surface area contributed by atoms with Gasteiger partial charge in [0.25, 0.3) is 5.91 Å². The van der Waals surface area contributed by atoms with Crippen LogP contribution in [0.15, 0.2) is 6.07 Å². The van der Waals surface area contributed by atoms with Crippen molar-refractivity contribution in [3.8, 4) is 0 Å². The molecule has 1 fully saturated rings. The van der Waals surface area contributed by atoms with Crippen molar-refractivity contribution in [2.75, 3.05) is 19.6 Å². The topological polar surface area (TPSA) is 41.1 Å². The molecule has 1 amide bonds. The minimum Gasteiger partial charge on any atom is -0.351 e. The third kappa shape index (κ3) is 2.62. The first-order valence-electron chi connectivity index (χ1n) is 5.73. The minimum atomic E-state index is 0.0769. The predicted octanol–water partition coefficient (Wildman–Crippen LogP) is 1.70. The van der Waals surface area contributed by atoms with E-state index in [1.54, 1.807) is 11.3 Å². The van der Waals surface area contributed by atoms with Gasteiger partial charge < -0.3 is 10.6 Å². The summed E-state index contributed by atoms with van der Waals surface area (Å²) in [6.45, 7) is 7.00. The second-order valence-electron chi connectivity index (χ2n) is 4.42. The highest BCUT2D eigenvalue weighted by molar-refractivity contribution is 7.14. The normalized spacial score (nSPS) is 20.0. The Kier molecular flexibility index (Phi) is 3.61. The first-order chi connectivity index (χ1) is 7.66. The van der Waals surface area contributed by atoms with Crippen molar-refractivity contribution in [3.05, 3.63) is 21.4 Å². The van der Waals surface area contributed by atoms with Gasteiger partial charge in [0.2, 0.25) is 0 Å². The molecule has 0 saturated carbocycles. The lowest BCUT2D eigenvalue weighted by atomic mass is 10.1. The molecule has 1 aliphatic heterocycles. The Balaban J connectivity index is 1.87. The van der Waals surface area contributed by atoms with Crippen LogP contribution in [0.5, 0.6) is 0 Å². The number of hydrogen-bond acceptors (Lipinski definition) is 3. The lowest BCUT2D eigenvalue weighted by Gasteiger charge is -2.08. The zero-order valence-corrected chi connectivity index (χ0v) is 10.6. The maximum atomic E-state index is 11.8. The van der Waals surface area contributed by atoms with Gasteiger partial charge in [0.1, 0.15) is 0 Å². The molecule has 1 aromatic rings. The van der Waals surface area contributed by atoms with Crippen molar-refractivity contribution >= 4 is 17.2 Å². The number of rotatable bonds is 3. The van der Waals surface area contributed by atoms with Crippen LogP contribution >= 0.6 is 11.3 Å². The quantitative estimate of drug-likeness (QED) is 0.841. The number of aryl methyl sites for hydroxylation is 2. The fourth-order valence-corrected chi connectivity index (χ4v) is 2.85. The third-order valence-electron chi connectivity index (χ3n) is 3.10. The molecule has 0 bridgehead atoms. The molecule has 0 radical (unpaired) electrons. The highest BCUT2D eigenvalue weighted by Crippen LogP contribution is 2.20. The number of amides is 1. The van der Waals surface area contributed by atoms with Crippen molar-refractivity contribution in [2.45, 2.75) is 20.3 Å². The Hall–Kier alpha value is -0.870. The van der Waals surface area contributed by atoms with Crippen LogP contribution in [-0.2, 0) is 0 Å². The standard InChI is InChI=1S/C12H18N2OS/c1-8-5-11(16-9(8)2)12(15)14-7-10-3-4-13-6-10/h5,10,13H,3-4,6-7H2,1-2H3,(H,14,15). The number of carbonyl (C=O) groups excluding carboxylic acids is 1. The molecule has 4 heteroatoms. The summed E-state index contributed by atoms with van der Waals surface area (Å²) in [7, 11) is 0. The van der Waals surface area contributed by atoms with Gasteiger partial charge in [-0.05, 0) is 50.9 Å². The summed E-state index contributed by atoms with van der Waals surface area (Å²) < 4.78 is 0. The first kappa shape index (κ1) is 11.6. The van der Waals surface area contributed by atoms with E-state index in [1.807, 2.05) is 13.0 Å². The van der Waals surface area contributed by atoms with Gasteiger partial charge in [0, 0.05) is 11.4 Å². The molecule has 1 aliphatic rings. The van der Waals surface area contributed by atoms with E-state index in [1.165, 1.54) is 16.9 Å². The van der Waals surface area contributed by atoms with Crippen LogP contribution in [0.3, 0.4) is 0 Å². The molecule has 1 saturated heterocycles. The van der Waals surface area contributed by atoms with Gasteiger partial charge in [-0.15, -0.1) is 11.3 Å². The predicted molar refractivity (Wildman–Crippen MR) is 67.1 cm³/mol. The summed E-state index contributed by atoms with van der Waals surface area (Å²) >= 11 is 1.58. The molecule has 1 aromatic heterocycles. The summed E-state index contributed by atoms with van der Waals surface area (Å²) in [5.41, 5.74) is 1.21. The Morgan fingerprint density at radius 2 is 2.44 bits per heavy atom. The van der Waals surface area contributed by atoms with Crippen molar-refractivity contribution in [1.82, 2.24) is 10.6 Å². The Labute approximate surface area is 100 Å². The number of hydrogen-bond donors (Lipinski definition) is 2. The second-order valence-corrected chi connectivity index (χ2v) is 5.68. The van der Waals surface area contributed by atoms with Gasteiger partial charge in [0.15, 0.2) is 0 Å². The largest absolute Gasteiger partial charge is 0.351 e. The van der Waals surface area contributed by atoms with Crippen LogP contribution in [0.4, 0.5) is 0 Å². The molecule has 1 unspecified atom stereocenters. The molecule has 2 heterocycles. The molecule has 1 atom stereocenters. The van der Waals surface area contributed by atoms with Crippen LogP contribution in [0.25, 0.3) is 0 Å². The average molecular weight is 238 g/mol. The third-order valence-corrected chi connectivity index (χ3v) is 4.25. The van der Waals surface area contributed by atoms with Gasteiger partial charge in [-0.25, -0.2) is 0 Å². The average Bonchev–Trinajstić information content (AvgIpc) is 2.86. The van der Waals surface area contributed by atoms with E-state index in [0.717, 1.165) is 24.5 Å². The Bertz CT molecular complexity index is 361. The van der Waals surface area contributed by atoms with Crippen LogP contribution in [0.2, 0.25) is 0 Å². The Morgan fingerprint density at radius 1 is 1.62 bits per heavy atom. The van der Waals surface area contributed by atoms with Crippen LogP contribution in [0, 0.1) is 19.8 Å². The van der Waals surface area contributed by atoms with Gasteiger partial charge in [-0.2, -0.15) is 0 Å². The van der Waals surface area contributed by atoms with Crippen molar-refractivity contribution < 1.29 is 4.79 Å². The molecule has 3 nitrogen and oxygen atoms in total. The van der Waals surface area contributed by atoms with Gasteiger partial charge in [-0.3, -0.25) is 4.79 Å². The number of thiophene rings is 1. The van der Waals surface area contributed by atoms with E-state index in [2.05, 4.69) is 17.6 Å². The molecule has 2 N–H and O–H groups in total. The van der Waals surface area contributed by atoms with Crippen LogP contribution in [0.1, 0.15) is 26.5 Å². The van der Waals surface area contributed by atoms with Crippen molar-refractivity contribution in [3.63, 3.8) is 0 Å². The minimum absolute atomic E-state index is 0.0769. The number of nitrogens with one attached hydrogen (secondary N) is 2. The smallest absolute Gasteiger partial charge is 0.261 e. The molecular weight excluding hydrogens is 220 g/mol. The molecule has 88 valence electrons. The van der Waals surface area contributed by atoms with E-state index in [9.17, 15) is 4.79 Å². The SMILES string of the molecule is Cc1cc(C(=O)NCC2CCNC2)sc1C. The molecular formula is C12H18N2OS.